The van der Waals surface area contributed by atoms with Gasteiger partial charge in [0, 0.05) is 16.8 Å². The molecule has 1 amide bonds. The van der Waals surface area contributed by atoms with Crippen LogP contribution in [0, 0.1) is 6.92 Å². The Balaban J connectivity index is 1.81. The number of hydrogen-bond donors (Lipinski definition) is 2. The third kappa shape index (κ3) is 2.83. The monoisotopic (exact) mass is 301 g/mol. The predicted octanol–water partition coefficient (Wildman–Crippen LogP) is 3.88. The number of aromatic nitrogens is 2. The van der Waals surface area contributed by atoms with E-state index in [0.717, 1.165) is 5.56 Å². The number of rotatable bonds is 3. The first-order valence-electron chi connectivity index (χ1n) is 6.30. The average molecular weight is 302 g/mol. The third-order valence-electron chi connectivity index (χ3n) is 3.04. The number of benzene rings is 1. The van der Waals surface area contributed by atoms with Crippen LogP contribution in [-0.4, -0.2) is 16.1 Å². The number of anilines is 1. The van der Waals surface area contributed by atoms with Gasteiger partial charge in [0.05, 0.1) is 6.26 Å². The average Bonchev–Trinajstić information content (AvgIpc) is 3.12. The molecule has 0 spiro atoms. The van der Waals surface area contributed by atoms with E-state index in [2.05, 4.69) is 15.5 Å². The topological polar surface area (TPSA) is 70.9 Å². The van der Waals surface area contributed by atoms with Gasteiger partial charge in [0.15, 0.2) is 11.5 Å². The van der Waals surface area contributed by atoms with Crippen molar-refractivity contribution < 1.29 is 9.21 Å². The molecule has 1 aromatic carbocycles. The molecule has 5 nitrogen and oxygen atoms in total. The van der Waals surface area contributed by atoms with Crippen molar-refractivity contribution >= 4 is 23.2 Å². The standard InChI is InChI=1S/C15H12ClN3O2/c1-9-4-5-10(16)7-11(9)17-15(20)13-8-12(18-19-13)14-3-2-6-21-14/h2-8H,1H3,(H,17,20)(H,18,19). The Bertz CT molecular complexity index is 778. The number of aryl methyl sites for hydroxylation is 1. The van der Waals surface area contributed by atoms with E-state index in [1.165, 1.54) is 0 Å². The van der Waals surface area contributed by atoms with Crippen molar-refractivity contribution in [2.75, 3.05) is 5.32 Å². The van der Waals surface area contributed by atoms with Gasteiger partial charge in [-0.15, -0.1) is 0 Å². The van der Waals surface area contributed by atoms with Crippen molar-refractivity contribution in [1.82, 2.24) is 10.2 Å². The summed E-state index contributed by atoms with van der Waals surface area (Å²) >= 11 is 5.93. The highest BCUT2D eigenvalue weighted by atomic mass is 35.5. The second kappa shape index (κ2) is 5.46. The zero-order valence-electron chi connectivity index (χ0n) is 11.2. The molecule has 3 rings (SSSR count). The fourth-order valence-corrected chi connectivity index (χ4v) is 2.08. The molecule has 0 saturated carbocycles. The maximum Gasteiger partial charge on any atom is 0.276 e. The molecule has 106 valence electrons. The molecule has 0 bridgehead atoms. The van der Waals surface area contributed by atoms with Gasteiger partial charge in [-0.2, -0.15) is 5.10 Å². The highest BCUT2D eigenvalue weighted by Crippen LogP contribution is 2.22. The Labute approximate surface area is 125 Å². The summed E-state index contributed by atoms with van der Waals surface area (Å²) in [6.07, 6.45) is 1.56. The van der Waals surface area contributed by atoms with Crippen molar-refractivity contribution in [2.24, 2.45) is 0 Å². The minimum absolute atomic E-state index is 0.278. The van der Waals surface area contributed by atoms with Crippen molar-refractivity contribution in [2.45, 2.75) is 6.92 Å². The summed E-state index contributed by atoms with van der Waals surface area (Å²) in [5, 5.41) is 10.1. The Morgan fingerprint density at radius 3 is 2.95 bits per heavy atom. The van der Waals surface area contributed by atoms with Crippen LogP contribution >= 0.6 is 11.6 Å². The summed E-state index contributed by atoms with van der Waals surface area (Å²) in [4.78, 5) is 12.2. The zero-order valence-corrected chi connectivity index (χ0v) is 11.9. The number of nitrogens with zero attached hydrogens (tertiary/aromatic N) is 1. The van der Waals surface area contributed by atoms with Gasteiger partial charge in [0.1, 0.15) is 5.69 Å². The molecule has 6 heteroatoms. The number of hydrogen-bond acceptors (Lipinski definition) is 3. The maximum absolute atomic E-state index is 12.2. The van der Waals surface area contributed by atoms with Crippen LogP contribution in [0.25, 0.3) is 11.5 Å². The molecule has 0 unspecified atom stereocenters. The van der Waals surface area contributed by atoms with Crippen LogP contribution in [0.2, 0.25) is 5.02 Å². The summed E-state index contributed by atoms with van der Waals surface area (Å²) in [7, 11) is 0. The van der Waals surface area contributed by atoms with Gasteiger partial charge < -0.3 is 9.73 Å². The Hall–Kier alpha value is -2.53. The van der Waals surface area contributed by atoms with Crippen LogP contribution in [0.5, 0.6) is 0 Å². The first kappa shape index (κ1) is 13.5. The first-order chi connectivity index (χ1) is 10.1. The second-order valence-electron chi connectivity index (χ2n) is 4.56. The van der Waals surface area contributed by atoms with Crippen molar-refractivity contribution in [1.29, 1.82) is 0 Å². The van der Waals surface area contributed by atoms with Crippen LogP contribution in [0.4, 0.5) is 5.69 Å². The first-order valence-corrected chi connectivity index (χ1v) is 6.68. The molecule has 21 heavy (non-hydrogen) atoms. The van der Waals surface area contributed by atoms with Gasteiger partial charge in [-0.3, -0.25) is 9.89 Å². The molecule has 0 atom stereocenters. The molecule has 2 aromatic heterocycles. The Morgan fingerprint density at radius 1 is 1.33 bits per heavy atom. The van der Waals surface area contributed by atoms with E-state index >= 15 is 0 Å². The lowest BCUT2D eigenvalue weighted by molar-refractivity contribution is 0.102. The molecular weight excluding hydrogens is 290 g/mol. The Morgan fingerprint density at radius 2 is 2.19 bits per heavy atom. The van der Waals surface area contributed by atoms with E-state index in [1.54, 1.807) is 36.6 Å². The van der Waals surface area contributed by atoms with E-state index in [4.69, 9.17) is 16.0 Å². The van der Waals surface area contributed by atoms with E-state index in [9.17, 15) is 4.79 Å². The number of aromatic amines is 1. The van der Waals surface area contributed by atoms with E-state index in [-0.39, 0.29) is 11.6 Å². The summed E-state index contributed by atoms with van der Waals surface area (Å²) in [5.74, 6) is 0.315. The normalized spacial score (nSPS) is 10.6. The van der Waals surface area contributed by atoms with Gasteiger partial charge in [0.2, 0.25) is 0 Å². The number of carbonyl (C=O) groups excluding carboxylic acids is 1. The third-order valence-corrected chi connectivity index (χ3v) is 3.28. The lowest BCUT2D eigenvalue weighted by Gasteiger charge is -2.07. The van der Waals surface area contributed by atoms with Crippen molar-refractivity contribution in [3.05, 3.63) is 58.9 Å². The smallest absolute Gasteiger partial charge is 0.276 e. The number of H-pyrrole nitrogens is 1. The number of halogens is 1. The summed E-state index contributed by atoms with van der Waals surface area (Å²) < 4.78 is 5.25. The summed E-state index contributed by atoms with van der Waals surface area (Å²) in [5.41, 5.74) is 2.51. The molecule has 0 aliphatic carbocycles. The zero-order chi connectivity index (χ0) is 14.8. The van der Waals surface area contributed by atoms with E-state index in [1.807, 2.05) is 13.0 Å². The van der Waals surface area contributed by atoms with Gasteiger partial charge in [0.25, 0.3) is 5.91 Å². The molecule has 0 aliphatic heterocycles. The minimum Gasteiger partial charge on any atom is -0.463 e. The fourth-order valence-electron chi connectivity index (χ4n) is 1.91. The lowest BCUT2D eigenvalue weighted by Crippen LogP contribution is -2.13. The molecule has 3 aromatic rings. The van der Waals surface area contributed by atoms with Gasteiger partial charge in [-0.1, -0.05) is 17.7 Å². The second-order valence-corrected chi connectivity index (χ2v) is 4.99. The Kier molecular flexibility index (Phi) is 3.50. The summed E-state index contributed by atoms with van der Waals surface area (Å²) in [6.45, 7) is 1.89. The summed E-state index contributed by atoms with van der Waals surface area (Å²) in [6, 6.07) is 10.5. The molecular formula is C15H12ClN3O2. The van der Waals surface area contributed by atoms with Crippen LogP contribution in [0.1, 0.15) is 16.1 Å². The molecule has 0 saturated heterocycles. The minimum atomic E-state index is -0.311. The van der Waals surface area contributed by atoms with Crippen LogP contribution in [0.15, 0.2) is 47.1 Å². The quantitative estimate of drug-likeness (QED) is 0.771. The van der Waals surface area contributed by atoms with Crippen LogP contribution in [-0.2, 0) is 0 Å². The lowest BCUT2D eigenvalue weighted by atomic mass is 10.2. The largest absolute Gasteiger partial charge is 0.463 e. The van der Waals surface area contributed by atoms with Crippen LogP contribution in [0.3, 0.4) is 0 Å². The molecule has 0 aliphatic rings. The predicted molar refractivity (Wildman–Crippen MR) is 80.4 cm³/mol. The molecule has 2 heterocycles. The van der Waals surface area contributed by atoms with Gasteiger partial charge in [-0.05, 0) is 36.8 Å². The van der Waals surface area contributed by atoms with Crippen LogP contribution < -0.4 is 5.32 Å². The number of furan rings is 1. The van der Waals surface area contributed by atoms with Crippen molar-refractivity contribution in [3.8, 4) is 11.5 Å². The van der Waals surface area contributed by atoms with Crippen molar-refractivity contribution in [3.63, 3.8) is 0 Å². The molecule has 2 N–H and O–H groups in total. The molecule has 0 fully saturated rings. The number of amides is 1. The highest BCUT2D eigenvalue weighted by Gasteiger charge is 2.13. The number of carbonyl (C=O) groups is 1. The highest BCUT2D eigenvalue weighted by molar-refractivity contribution is 6.31. The van der Waals surface area contributed by atoms with Gasteiger partial charge >= 0.3 is 0 Å². The van der Waals surface area contributed by atoms with E-state index in [0.29, 0.717) is 22.2 Å². The molecule has 0 radical (unpaired) electrons. The van der Waals surface area contributed by atoms with Gasteiger partial charge in [-0.25, -0.2) is 0 Å². The fraction of sp³-hybridized carbons (Fsp3) is 0.0667. The van der Waals surface area contributed by atoms with E-state index < -0.39 is 0 Å². The SMILES string of the molecule is Cc1ccc(Cl)cc1NC(=O)c1cc(-c2ccco2)[nH]n1. The number of nitrogens with one attached hydrogen (secondary N) is 2. The maximum atomic E-state index is 12.2.